The summed E-state index contributed by atoms with van der Waals surface area (Å²) in [6.45, 7) is 11.9. The molecule has 0 aliphatic carbocycles. The van der Waals surface area contributed by atoms with Gasteiger partial charge in [0, 0.05) is 19.2 Å². The van der Waals surface area contributed by atoms with Crippen molar-refractivity contribution in [1.29, 1.82) is 5.53 Å². The second-order valence-corrected chi connectivity index (χ2v) is 10.3. The zero-order valence-corrected chi connectivity index (χ0v) is 18.6. The third-order valence-corrected chi connectivity index (χ3v) is 6.36. The number of hydrogen-bond acceptors (Lipinski definition) is 6. The molecule has 1 N–H and O–H groups in total. The Morgan fingerprint density at radius 2 is 1.93 bits per heavy atom. The first-order valence-corrected chi connectivity index (χ1v) is 11.4. The van der Waals surface area contributed by atoms with Crippen LogP contribution in [-0.2, 0) is 0 Å². The number of nitrogens with one attached hydrogen (secondary N) is 1. The summed E-state index contributed by atoms with van der Waals surface area (Å²) in [6, 6.07) is 3.92. The molecule has 28 heavy (non-hydrogen) atoms. The Bertz CT molecular complexity index is 788. The molecule has 0 bridgehead atoms. The topological polar surface area (TPSA) is 61.6 Å². The smallest absolute Gasteiger partial charge is 0.186 e. The summed E-state index contributed by atoms with van der Waals surface area (Å²) < 4.78 is 7.12. The second kappa shape index (κ2) is 9.21. The molecule has 154 valence electrons. The van der Waals surface area contributed by atoms with E-state index in [1.54, 1.807) is 11.3 Å². The Kier molecular flexibility index (Phi) is 6.91. The van der Waals surface area contributed by atoms with Crippen LogP contribution >= 0.6 is 11.3 Å². The number of ether oxygens (including phenoxy) is 1. The molecule has 1 aliphatic heterocycles. The third-order valence-electron chi connectivity index (χ3n) is 5.28. The zero-order valence-electron chi connectivity index (χ0n) is 17.8. The Morgan fingerprint density at radius 3 is 2.57 bits per heavy atom. The molecule has 1 saturated heterocycles. The Morgan fingerprint density at radius 1 is 1.21 bits per heavy atom. The van der Waals surface area contributed by atoms with Crippen molar-refractivity contribution < 1.29 is 4.74 Å². The summed E-state index contributed by atoms with van der Waals surface area (Å²) in [5.74, 6) is 1.28. The molecule has 1 aliphatic rings. The fourth-order valence-corrected chi connectivity index (χ4v) is 5.08. The zero-order chi connectivity index (χ0) is 20.1. The molecule has 6 heteroatoms. The summed E-state index contributed by atoms with van der Waals surface area (Å²) in [7, 11) is 0. The van der Waals surface area contributed by atoms with Gasteiger partial charge in [-0.05, 0) is 43.1 Å². The second-order valence-electron chi connectivity index (χ2n) is 9.30. The van der Waals surface area contributed by atoms with E-state index >= 15 is 0 Å². The van der Waals surface area contributed by atoms with Crippen molar-refractivity contribution in [3.8, 4) is 5.75 Å². The van der Waals surface area contributed by atoms with E-state index in [9.17, 15) is 0 Å². The van der Waals surface area contributed by atoms with Crippen LogP contribution < -0.4 is 9.64 Å². The molecule has 3 rings (SSSR count). The number of hydrogen-bond donors (Lipinski definition) is 1. The van der Waals surface area contributed by atoms with Crippen molar-refractivity contribution in [2.45, 2.75) is 66.2 Å². The minimum absolute atomic E-state index is 0.338. The molecule has 5 nitrogen and oxygen atoms in total. The van der Waals surface area contributed by atoms with Crippen molar-refractivity contribution >= 4 is 32.4 Å². The highest BCUT2D eigenvalue weighted by Crippen LogP contribution is 2.38. The lowest BCUT2D eigenvalue weighted by atomic mass is 9.84. The number of rotatable bonds is 7. The van der Waals surface area contributed by atoms with Gasteiger partial charge in [0.15, 0.2) is 5.13 Å². The maximum absolute atomic E-state index is 7.55. The summed E-state index contributed by atoms with van der Waals surface area (Å²) >= 11 is 1.70. The average molecular weight is 403 g/mol. The molecule has 0 amide bonds. The number of fused-ring (bicyclic) bond motifs is 1. The van der Waals surface area contributed by atoms with E-state index in [1.807, 2.05) is 12.1 Å². The Balaban J connectivity index is 1.70. The average Bonchev–Trinajstić information content (AvgIpc) is 2.84. The molecule has 1 aromatic heterocycles. The van der Waals surface area contributed by atoms with Crippen LogP contribution in [0.3, 0.4) is 0 Å². The van der Waals surface area contributed by atoms with Gasteiger partial charge in [0.1, 0.15) is 11.4 Å². The van der Waals surface area contributed by atoms with E-state index in [2.05, 4.69) is 37.7 Å². The Labute approximate surface area is 173 Å². The van der Waals surface area contributed by atoms with Crippen molar-refractivity contribution in [2.75, 3.05) is 24.6 Å². The summed E-state index contributed by atoms with van der Waals surface area (Å²) in [6.07, 6.45) is 7.29. The molecular weight excluding hydrogens is 368 g/mol. The number of nitrogens with zero attached hydrogens (tertiary/aromatic N) is 3. The van der Waals surface area contributed by atoms with Crippen molar-refractivity contribution in [2.24, 2.45) is 16.4 Å². The quantitative estimate of drug-likeness (QED) is 0.499. The number of thiazole rings is 1. The van der Waals surface area contributed by atoms with Crippen LogP contribution in [0.4, 0.5) is 10.8 Å². The lowest BCUT2D eigenvalue weighted by molar-refractivity contribution is 0.241. The third kappa shape index (κ3) is 5.66. The predicted octanol–water partition coefficient (Wildman–Crippen LogP) is 7.18. The van der Waals surface area contributed by atoms with Crippen molar-refractivity contribution in [3.63, 3.8) is 0 Å². The summed E-state index contributed by atoms with van der Waals surface area (Å²) in [5.41, 5.74) is 9.44. The SMILES string of the molecule is CC(CCOc1cc2nc(N3CCCCCC3)sc2cc1N=N)CC(C)(C)C. The fraction of sp³-hybridized carbons (Fsp3) is 0.682. The van der Waals surface area contributed by atoms with Gasteiger partial charge in [-0.3, -0.25) is 0 Å². The van der Waals surface area contributed by atoms with Crippen LogP contribution in [0.2, 0.25) is 0 Å². The largest absolute Gasteiger partial charge is 0.491 e. The van der Waals surface area contributed by atoms with Gasteiger partial charge in [0.05, 0.1) is 16.8 Å². The van der Waals surface area contributed by atoms with Crippen LogP contribution in [0, 0.1) is 16.9 Å². The summed E-state index contributed by atoms with van der Waals surface area (Å²) in [4.78, 5) is 7.27. The van der Waals surface area contributed by atoms with Gasteiger partial charge in [0.2, 0.25) is 0 Å². The van der Waals surface area contributed by atoms with Gasteiger partial charge in [0.25, 0.3) is 0 Å². The minimum atomic E-state index is 0.338. The standard InChI is InChI=1S/C22H34N4OS/c1-16(15-22(2,3)4)9-12-27-19-13-18-20(14-17(19)25-23)28-21(24-18)26-10-7-5-6-8-11-26/h13-14,16,23H,5-12,15H2,1-4H3. The minimum Gasteiger partial charge on any atom is -0.491 e. The predicted molar refractivity (Wildman–Crippen MR) is 118 cm³/mol. The van der Waals surface area contributed by atoms with Gasteiger partial charge in [-0.25, -0.2) is 10.5 Å². The van der Waals surface area contributed by atoms with Gasteiger partial charge in [-0.2, -0.15) is 5.11 Å². The van der Waals surface area contributed by atoms with E-state index in [0.29, 0.717) is 29.4 Å². The molecule has 1 unspecified atom stereocenters. The normalized spacial score (nSPS) is 16.8. The van der Waals surface area contributed by atoms with E-state index in [4.69, 9.17) is 15.3 Å². The van der Waals surface area contributed by atoms with Gasteiger partial charge in [-0.15, -0.1) is 0 Å². The molecule has 1 fully saturated rings. The van der Waals surface area contributed by atoms with Crippen molar-refractivity contribution in [1.82, 2.24) is 4.98 Å². The van der Waals surface area contributed by atoms with Gasteiger partial charge in [-0.1, -0.05) is 51.9 Å². The highest BCUT2D eigenvalue weighted by Gasteiger charge is 2.18. The first-order chi connectivity index (χ1) is 13.4. The van der Waals surface area contributed by atoms with E-state index in [-0.39, 0.29) is 0 Å². The molecule has 0 spiro atoms. The van der Waals surface area contributed by atoms with E-state index in [0.717, 1.165) is 34.9 Å². The number of aromatic nitrogens is 1. The fourth-order valence-electron chi connectivity index (χ4n) is 4.05. The lowest BCUT2D eigenvalue weighted by Crippen LogP contribution is -2.23. The molecular formula is C22H34N4OS. The monoisotopic (exact) mass is 402 g/mol. The number of benzene rings is 1. The molecule has 0 saturated carbocycles. The molecule has 2 aromatic rings. The highest BCUT2D eigenvalue weighted by molar-refractivity contribution is 7.22. The maximum atomic E-state index is 7.55. The van der Waals surface area contributed by atoms with Crippen LogP contribution in [0.25, 0.3) is 10.2 Å². The molecule has 2 heterocycles. The number of anilines is 1. The molecule has 1 atom stereocenters. The van der Waals surface area contributed by atoms with Crippen LogP contribution in [0.15, 0.2) is 17.2 Å². The van der Waals surface area contributed by atoms with Crippen molar-refractivity contribution in [3.05, 3.63) is 12.1 Å². The molecule has 1 aromatic carbocycles. The van der Waals surface area contributed by atoms with Crippen LogP contribution in [-0.4, -0.2) is 24.7 Å². The van der Waals surface area contributed by atoms with E-state index in [1.165, 1.54) is 32.1 Å². The van der Waals surface area contributed by atoms with Crippen LogP contribution in [0.1, 0.15) is 66.2 Å². The summed E-state index contributed by atoms with van der Waals surface area (Å²) in [5, 5.41) is 4.79. The Hall–Kier alpha value is -1.69. The van der Waals surface area contributed by atoms with E-state index < -0.39 is 0 Å². The molecule has 0 radical (unpaired) electrons. The van der Waals surface area contributed by atoms with Gasteiger partial charge >= 0.3 is 0 Å². The van der Waals surface area contributed by atoms with Gasteiger partial charge < -0.3 is 9.64 Å². The first kappa shape index (κ1) is 21.0. The maximum Gasteiger partial charge on any atom is 0.186 e. The lowest BCUT2D eigenvalue weighted by Gasteiger charge is -2.23. The first-order valence-electron chi connectivity index (χ1n) is 10.6. The highest BCUT2D eigenvalue weighted by atomic mass is 32.1. The van der Waals surface area contributed by atoms with Crippen LogP contribution in [0.5, 0.6) is 5.75 Å².